The molecule has 0 radical (unpaired) electrons. The van der Waals surface area contributed by atoms with Crippen molar-refractivity contribution in [2.75, 3.05) is 19.8 Å². The van der Waals surface area contributed by atoms with Gasteiger partial charge < -0.3 is 14.2 Å². The second-order valence-corrected chi connectivity index (χ2v) is 18.4. The van der Waals surface area contributed by atoms with Crippen molar-refractivity contribution in [3.8, 4) is 0 Å². The van der Waals surface area contributed by atoms with Crippen LogP contribution in [0.4, 0.5) is 0 Å². The van der Waals surface area contributed by atoms with Crippen LogP contribution in [0.15, 0.2) is 134 Å². The number of hydrogen-bond acceptors (Lipinski definition) is 5. The van der Waals surface area contributed by atoms with Gasteiger partial charge in [-0.1, -0.05) is 244 Å². The Morgan fingerprint density at radius 2 is 0.686 bits per heavy atom. The van der Waals surface area contributed by atoms with Crippen molar-refractivity contribution < 1.29 is 23.8 Å². The predicted octanol–water partition coefficient (Wildman–Crippen LogP) is 19.9. The molecule has 0 aromatic carbocycles. The third kappa shape index (κ3) is 56.6. The lowest BCUT2D eigenvalue weighted by atomic mass is 10.1. The van der Waals surface area contributed by atoms with E-state index in [1.807, 2.05) is 12.2 Å². The minimum atomic E-state index is -0.609. The van der Waals surface area contributed by atoms with Crippen molar-refractivity contribution in [2.24, 2.45) is 0 Å². The first kappa shape index (κ1) is 66.0. The highest BCUT2D eigenvalue weighted by Crippen LogP contribution is 2.14. The summed E-state index contributed by atoms with van der Waals surface area (Å²) in [5, 5.41) is 0. The highest BCUT2D eigenvalue weighted by Gasteiger charge is 2.17. The minimum Gasteiger partial charge on any atom is -0.462 e. The summed E-state index contributed by atoms with van der Waals surface area (Å²) in [7, 11) is 0. The monoisotopic (exact) mass is 967 g/mol. The van der Waals surface area contributed by atoms with Crippen molar-refractivity contribution >= 4 is 11.9 Å². The Morgan fingerprint density at radius 3 is 1.10 bits per heavy atom. The normalized spacial score (nSPS) is 13.2. The van der Waals surface area contributed by atoms with Crippen molar-refractivity contribution in [1.82, 2.24) is 0 Å². The zero-order chi connectivity index (χ0) is 50.6. The third-order valence-corrected chi connectivity index (χ3v) is 11.7. The van der Waals surface area contributed by atoms with Crippen LogP contribution in [0.1, 0.15) is 239 Å². The van der Waals surface area contributed by atoms with E-state index in [4.69, 9.17) is 14.2 Å². The van der Waals surface area contributed by atoms with Gasteiger partial charge in [-0.05, 0) is 116 Å². The molecule has 0 bridgehead atoms. The average Bonchev–Trinajstić information content (AvgIpc) is 3.36. The number of esters is 2. The molecule has 0 amide bonds. The van der Waals surface area contributed by atoms with Crippen LogP contribution in [0.3, 0.4) is 0 Å². The van der Waals surface area contributed by atoms with Crippen molar-refractivity contribution in [3.63, 3.8) is 0 Å². The molecule has 0 aliphatic rings. The van der Waals surface area contributed by atoms with E-state index in [1.54, 1.807) is 0 Å². The van der Waals surface area contributed by atoms with Crippen LogP contribution in [0.2, 0.25) is 0 Å². The summed E-state index contributed by atoms with van der Waals surface area (Å²) in [4.78, 5) is 25.5. The Kier molecular flexibility index (Phi) is 56.0. The van der Waals surface area contributed by atoms with E-state index in [9.17, 15) is 9.59 Å². The fourth-order valence-corrected chi connectivity index (χ4v) is 7.49. The van der Waals surface area contributed by atoms with Gasteiger partial charge in [-0.15, -0.1) is 0 Å². The molecule has 1 unspecified atom stereocenters. The molecule has 0 aliphatic heterocycles. The maximum Gasteiger partial charge on any atom is 0.310 e. The molecule has 396 valence electrons. The maximum absolute atomic E-state index is 12.8. The molecule has 0 saturated carbocycles. The number of allylic oxidation sites excluding steroid dienone is 21. The quantitative estimate of drug-likeness (QED) is 0.0345. The molecular formula is C65H106O5. The van der Waals surface area contributed by atoms with E-state index in [0.29, 0.717) is 13.0 Å². The lowest BCUT2D eigenvalue weighted by molar-refractivity contribution is -0.162. The van der Waals surface area contributed by atoms with Gasteiger partial charge in [0.15, 0.2) is 6.10 Å². The van der Waals surface area contributed by atoms with Crippen LogP contribution in [0.25, 0.3) is 0 Å². The van der Waals surface area contributed by atoms with Crippen LogP contribution in [0, 0.1) is 0 Å². The molecule has 5 heteroatoms. The number of rotatable bonds is 51. The number of carbonyl (C=O) groups is 2. The van der Waals surface area contributed by atoms with Crippen LogP contribution in [-0.4, -0.2) is 37.9 Å². The van der Waals surface area contributed by atoms with Gasteiger partial charge in [0, 0.05) is 13.0 Å². The van der Waals surface area contributed by atoms with Gasteiger partial charge in [0.1, 0.15) is 6.61 Å². The molecular weight excluding hydrogens is 861 g/mol. The summed E-state index contributed by atoms with van der Waals surface area (Å²) in [6.07, 6.45) is 85.0. The molecule has 0 aromatic rings. The van der Waals surface area contributed by atoms with E-state index in [2.05, 4.69) is 142 Å². The molecule has 70 heavy (non-hydrogen) atoms. The second kappa shape index (κ2) is 59.3. The zero-order valence-corrected chi connectivity index (χ0v) is 45.5. The smallest absolute Gasteiger partial charge is 0.310 e. The third-order valence-electron chi connectivity index (χ3n) is 11.7. The van der Waals surface area contributed by atoms with Gasteiger partial charge in [-0.25, -0.2) is 0 Å². The largest absolute Gasteiger partial charge is 0.462 e. The van der Waals surface area contributed by atoms with Gasteiger partial charge in [0.25, 0.3) is 0 Å². The zero-order valence-electron chi connectivity index (χ0n) is 45.5. The van der Waals surface area contributed by atoms with Crippen LogP contribution in [0.5, 0.6) is 0 Å². The van der Waals surface area contributed by atoms with Gasteiger partial charge >= 0.3 is 11.9 Å². The van der Waals surface area contributed by atoms with E-state index in [1.165, 1.54) is 103 Å². The van der Waals surface area contributed by atoms with Crippen LogP contribution < -0.4 is 0 Å². The van der Waals surface area contributed by atoms with Gasteiger partial charge in [0.2, 0.25) is 0 Å². The summed E-state index contributed by atoms with van der Waals surface area (Å²) in [5.74, 6) is -0.560. The number of ether oxygens (including phenoxy) is 3. The number of hydrogen-bond donors (Lipinski definition) is 0. The summed E-state index contributed by atoms with van der Waals surface area (Å²) < 4.78 is 17.4. The van der Waals surface area contributed by atoms with Gasteiger partial charge in [0.05, 0.1) is 13.0 Å². The van der Waals surface area contributed by atoms with E-state index in [0.717, 1.165) is 103 Å². The molecule has 0 spiro atoms. The molecule has 0 N–H and O–H groups in total. The molecule has 0 saturated heterocycles. The van der Waals surface area contributed by atoms with Gasteiger partial charge in [-0.2, -0.15) is 0 Å². The predicted molar refractivity (Wildman–Crippen MR) is 306 cm³/mol. The first-order valence-electron chi connectivity index (χ1n) is 28.7. The average molecular weight is 968 g/mol. The summed E-state index contributed by atoms with van der Waals surface area (Å²) in [5.41, 5.74) is 0. The SMILES string of the molecule is CC/C=C\C/C=C\C/C=C\C/C=C\C/C=C\CC(=O)OC(COCCCCCCCCC/C=C\C/C=C\C/C=C\C/C=C\CC)COC(=O)CCCCCCCCCCC/C=C\C/C=C\CCCCC. The fourth-order valence-electron chi connectivity index (χ4n) is 7.49. The Bertz CT molecular complexity index is 1470. The summed E-state index contributed by atoms with van der Waals surface area (Å²) in [6.45, 7) is 7.44. The molecule has 1 atom stereocenters. The Labute approximate surface area is 432 Å². The summed E-state index contributed by atoms with van der Waals surface area (Å²) >= 11 is 0. The lowest BCUT2D eigenvalue weighted by Crippen LogP contribution is -2.29. The van der Waals surface area contributed by atoms with Crippen molar-refractivity contribution in [2.45, 2.75) is 245 Å². The Hall–Kier alpha value is -3.96. The minimum absolute atomic E-state index is 0.0309. The van der Waals surface area contributed by atoms with E-state index in [-0.39, 0.29) is 31.6 Å². The topological polar surface area (TPSA) is 61.8 Å². The van der Waals surface area contributed by atoms with Gasteiger partial charge in [-0.3, -0.25) is 9.59 Å². The van der Waals surface area contributed by atoms with E-state index < -0.39 is 6.10 Å². The van der Waals surface area contributed by atoms with Crippen LogP contribution in [-0.2, 0) is 23.8 Å². The van der Waals surface area contributed by atoms with Crippen LogP contribution >= 0.6 is 0 Å². The highest BCUT2D eigenvalue weighted by molar-refractivity contribution is 5.71. The molecule has 5 nitrogen and oxygen atoms in total. The molecule has 0 aliphatic carbocycles. The Morgan fingerprint density at radius 1 is 0.343 bits per heavy atom. The fraction of sp³-hybridized carbons (Fsp3) is 0.631. The standard InChI is InChI=1S/C65H106O5/c1-4-7-10-13-16-19-22-25-28-30-32-34-36-39-42-45-48-51-54-57-60-68-61-63(70-65(67)59-56-53-50-47-44-41-37-27-24-21-18-15-12-9-6-3)62-69-64(66)58-55-52-49-46-43-40-38-35-33-31-29-26-23-20-17-14-11-8-5-2/h7,9-10,12,16-21,25-29,32,34,37,44,47,53,56,63H,4-6,8,11,13-15,22-24,30-31,33,35-36,38-43,45-46,48-52,54-55,57-62H2,1-3H3/b10-7-,12-9-,19-16-,20-17-,21-18-,28-25-,29-26-,34-32-,37-27-,47-44-,56-53-. The lowest BCUT2D eigenvalue weighted by Gasteiger charge is -2.18. The highest BCUT2D eigenvalue weighted by atomic mass is 16.6. The first-order chi connectivity index (χ1) is 34.6. The number of unbranched alkanes of at least 4 members (excludes halogenated alkanes) is 19. The Balaban J connectivity index is 4.41. The molecule has 0 aromatic heterocycles. The molecule has 0 heterocycles. The summed E-state index contributed by atoms with van der Waals surface area (Å²) in [6, 6.07) is 0. The first-order valence-corrected chi connectivity index (χ1v) is 28.7. The van der Waals surface area contributed by atoms with Crippen molar-refractivity contribution in [1.29, 1.82) is 0 Å². The molecule has 0 rings (SSSR count). The van der Waals surface area contributed by atoms with E-state index >= 15 is 0 Å². The molecule has 0 fully saturated rings. The van der Waals surface area contributed by atoms with Crippen molar-refractivity contribution in [3.05, 3.63) is 134 Å². The second-order valence-electron chi connectivity index (χ2n) is 18.4. The number of carbonyl (C=O) groups excluding carboxylic acids is 2. The maximum atomic E-state index is 12.8.